The molecule has 1 aliphatic heterocycles. The van der Waals surface area contributed by atoms with E-state index in [9.17, 15) is 9.59 Å². The topological polar surface area (TPSA) is 79.8 Å². The molecule has 2 rings (SSSR count). The Morgan fingerprint density at radius 3 is 3.05 bits per heavy atom. The number of amides is 3. The quantitative estimate of drug-likeness (QED) is 0.803. The van der Waals surface area contributed by atoms with E-state index in [1.807, 2.05) is 24.3 Å². The van der Waals surface area contributed by atoms with Crippen LogP contribution in [0.1, 0.15) is 5.56 Å². The highest BCUT2D eigenvalue weighted by atomic mass is 32.2. The number of carbonyl (C=O) groups is 2. The highest BCUT2D eigenvalue weighted by molar-refractivity contribution is 8.38. The second-order valence-electron chi connectivity index (χ2n) is 4.38. The Bertz CT molecular complexity index is 578. The van der Waals surface area contributed by atoms with E-state index in [0.29, 0.717) is 13.2 Å². The van der Waals surface area contributed by atoms with Gasteiger partial charge in [0.2, 0.25) is 5.91 Å². The van der Waals surface area contributed by atoms with Crippen LogP contribution in [-0.2, 0) is 15.3 Å². The van der Waals surface area contributed by atoms with Crippen LogP contribution in [0.15, 0.2) is 29.3 Å². The van der Waals surface area contributed by atoms with E-state index in [-0.39, 0.29) is 11.7 Å². The molecule has 0 aromatic heterocycles. The summed E-state index contributed by atoms with van der Waals surface area (Å²) in [5, 5.41) is 4.79. The number of para-hydroxylation sites is 1. The van der Waals surface area contributed by atoms with E-state index in [4.69, 9.17) is 4.74 Å². The van der Waals surface area contributed by atoms with E-state index < -0.39 is 6.03 Å². The summed E-state index contributed by atoms with van der Waals surface area (Å²) in [5.74, 6) is 0.661. The Balaban J connectivity index is 1.75. The molecule has 1 heterocycles. The van der Waals surface area contributed by atoms with Crippen molar-refractivity contribution in [2.45, 2.75) is 5.75 Å². The standard InChI is InChI=1S/C14H17N3O3S2/c1-20-7-6-15-13(19)17-12(18)9-22-14-16-11-5-3-2-4-10(11)8-21-14/h2-5H,6-9H2,1H3,(H2,15,17,18,19). The average molecular weight is 339 g/mol. The lowest BCUT2D eigenvalue weighted by atomic mass is 10.2. The monoisotopic (exact) mass is 339 g/mol. The second-order valence-corrected chi connectivity index (χ2v) is 6.57. The zero-order valence-electron chi connectivity index (χ0n) is 12.1. The number of hydrogen-bond donors (Lipinski definition) is 2. The molecule has 6 nitrogen and oxygen atoms in total. The third-order valence-electron chi connectivity index (χ3n) is 2.73. The zero-order chi connectivity index (χ0) is 15.8. The van der Waals surface area contributed by atoms with Gasteiger partial charge in [-0.25, -0.2) is 9.79 Å². The third kappa shape index (κ3) is 5.36. The molecule has 0 saturated heterocycles. The molecule has 0 saturated carbocycles. The van der Waals surface area contributed by atoms with Crippen LogP contribution >= 0.6 is 23.5 Å². The van der Waals surface area contributed by atoms with Gasteiger partial charge in [0.25, 0.3) is 0 Å². The fourth-order valence-corrected chi connectivity index (χ4v) is 3.55. The van der Waals surface area contributed by atoms with E-state index in [1.54, 1.807) is 18.9 Å². The molecule has 1 aromatic carbocycles. The fraction of sp³-hybridized carbons (Fsp3) is 0.357. The van der Waals surface area contributed by atoms with Gasteiger partial charge < -0.3 is 10.1 Å². The number of imide groups is 1. The Hall–Kier alpha value is -1.51. The molecule has 0 fully saturated rings. The Morgan fingerprint density at radius 2 is 2.23 bits per heavy atom. The molecule has 0 spiro atoms. The van der Waals surface area contributed by atoms with Crippen LogP contribution < -0.4 is 10.6 Å². The summed E-state index contributed by atoms with van der Waals surface area (Å²) >= 11 is 2.94. The first-order valence-corrected chi connectivity index (χ1v) is 8.65. The van der Waals surface area contributed by atoms with Gasteiger partial charge in [-0.1, -0.05) is 41.7 Å². The number of fused-ring (bicyclic) bond motifs is 1. The highest BCUT2D eigenvalue weighted by Crippen LogP contribution is 2.34. The zero-order valence-corrected chi connectivity index (χ0v) is 13.8. The Morgan fingerprint density at radius 1 is 1.41 bits per heavy atom. The van der Waals surface area contributed by atoms with E-state index >= 15 is 0 Å². The molecule has 0 unspecified atom stereocenters. The van der Waals surface area contributed by atoms with E-state index in [2.05, 4.69) is 15.6 Å². The van der Waals surface area contributed by atoms with Gasteiger partial charge in [-0.2, -0.15) is 0 Å². The first kappa shape index (κ1) is 16.9. The van der Waals surface area contributed by atoms with Crippen molar-refractivity contribution in [3.8, 4) is 0 Å². The lowest BCUT2D eigenvalue weighted by molar-refractivity contribution is -0.117. The predicted molar refractivity (Wildman–Crippen MR) is 90.7 cm³/mol. The van der Waals surface area contributed by atoms with Crippen LogP contribution in [0.2, 0.25) is 0 Å². The maximum Gasteiger partial charge on any atom is 0.321 e. The van der Waals surface area contributed by atoms with Gasteiger partial charge >= 0.3 is 6.03 Å². The largest absolute Gasteiger partial charge is 0.383 e. The molecule has 0 aliphatic carbocycles. The number of nitrogens with one attached hydrogen (secondary N) is 2. The summed E-state index contributed by atoms with van der Waals surface area (Å²) < 4.78 is 5.64. The van der Waals surface area contributed by atoms with Crippen molar-refractivity contribution in [3.63, 3.8) is 0 Å². The number of carbonyl (C=O) groups excluding carboxylic acids is 2. The van der Waals surface area contributed by atoms with Crippen LogP contribution in [0.3, 0.4) is 0 Å². The molecular formula is C14H17N3O3S2. The molecule has 8 heteroatoms. The molecule has 1 aliphatic rings. The van der Waals surface area contributed by atoms with E-state index in [1.165, 1.54) is 17.3 Å². The number of nitrogens with zero attached hydrogens (tertiary/aromatic N) is 1. The first-order valence-electron chi connectivity index (χ1n) is 6.68. The molecule has 1 aromatic rings. The maximum absolute atomic E-state index is 11.7. The molecule has 3 amide bonds. The molecular weight excluding hydrogens is 322 g/mol. The summed E-state index contributed by atoms with van der Waals surface area (Å²) in [6.07, 6.45) is 0. The number of ether oxygens (including phenoxy) is 1. The molecule has 0 atom stereocenters. The predicted octanol–water partition coefficient (Wildman–Crippen LogP) is 2.13. The van der Waals surface area contributed by atoms with Crippen LogP contribution in [-0.4, -0.2) is 42.3 Å². The number of hydrogen-bond acceptors (Lipinski definition) is 6. The van der Waals surface area contributed by atoms with E-state index in [0.717, 1.165) is 15.8 Å². The first-order chi connectivity index (χ1) is 10.7. The van der Waals surface area contributed by atoms with Gasteiger partial charge in [0.15, 0.2) is 0 Å². The Labute approximate surface area is 137 Å². The smallest absolute Gasteiger partial charge is 0.321 e. The van der Waals surface area contributed by atoms with Crippen molar-refractivity contribution in [2.24, 2.45) is 4.99 Å². The normalized spacial score (nSPS) is 13.0. The summed E-state index contributed by atoms with van der Waals surface area (Å²) in [6, 6.07) is 7.43. The van der Waals surface area contributed by atoms with Gasteiger partial charge in [-0.15, -0.1) is 0 Å². The summed E-state index contributed by atoms with van der Waals surface area (Å²) in [5.41, 5.74) is 2.14. The van der Waals surface area contributed by atoms with Crippen LogP contribution in [0.5, 0.6) is 0 Å². The van der Waals surface area contributed by atoms with Crippen molar-refractivity contribution < 1.29 is 14.3 Å². The second kappa shape index (κ2) is 8.82. The fourth-order valence-electron chi connectivity index (χ4n) is 1.69. The van der Waals surface area contributed by atoms with Crippen molar-refractivity contribution in [1.82, 2.24) is 10.6 Å². The number of aliphatic imine (C=N–C) groups is 1. The van der Waals surface area contributed by atoms with Gasteiger partial charge in [0.05, 0.1) is 18.0 Å². The summed E-state index contributed by atoms with van der Waals surface area (Å²) in [6.45, 7) is 0.769. The minimum absolute atomic E-state index is 0.158. The molecule has 22 heavy (non-hydrogen) atoms. The number of urea groups is 1. The highest BCUT2D eigenvalue weighted by Gasteiger charge is 2.14. The molecule has 0 bridgehead atoms. The molecule has 0 radical (unpaired) electrons. The van der Waals surface area contributed by atoms with Gasteiger partial charge in [-0.3, -0.25) is 10.1 Å². The van der Waals surface area contributed by atoms with Crippen molar-refractivity contribution >= 4 is 45.5 Å². The summed E-state index contributed by atoms with van der Waals surface area (Å²) in [4.78, 5) is 27.6. The average Bonchev–Trinajstić information content (AvgIpc) is 2.53. The lowest BCUT2D eigenvalue weighted by Gasteiger charge is -2.14. The van der Waals surface area contributed by atoms with Crippen molar-refractivity contribution in [2.75, 3.05) is 26.0 Å². The van der Waals surface area contributed by atoms with Crippen molar-refractivity contribution in [3.05, 3.63) is 29.8 Å². The molecule has 118 valence electrons. The van der Waals surface area contributed by atoms with Crippen LogP contribution in [0.25, 0.3) is 0 Å². The van der Waals surface area contributed by atoms with Crippen LogP contribution in [0, 0.1) is 0 Å². The lowest BCUT2D eigenvalue weighted by Crippen LogP contribution is -2.41. The van der Waals surface area contributed by atoms with Crippen LogP contribution in [0.4, 0.5) is 10.5 Å². The van der Waals surface area contributed by atoms with Gasteiger partial charge in [0.1, 0.15) is 4.38 Å². The Kier molecular flexibility index (Phi) is 6.75. The van der Waals surface area contributed by atoms with Gasteiger partial charge in [-0.05, 0) is 11.6 Å². The number of rotatable bonds is 5. The number of benzene rings is 1. The number of thioether (sulfide) groups is 2. The minimum Gasteiger partial charge on any atom is -0.383 e. The third-order valence-corrected chi connectivity index (χ3v) is 4.97. The maximum atomic E-state index is 11.7. The number of methoxy groups -OCH3 is 1. The molecule has 2 N–H and O–H groups in total. The SMILES string of the molecule is COCCNC(=O)NC(=O)CSC1=Nc2ccccc2CS1. The van der Waals surface area contributed by atoms with Gasteiger partial charge in [0, 0.05) is 19.4 Å². The minimum atomic E-state index is -0.508. The van der Waals surface area contributed by atoms with Crippen molar-refractivity contribution in [1.29, 1.82) is 0 Å². The summed E-state index contributed by atoms with van der Waals surface area (Å²) in [7, 11) is 1.54.